The van der Waals surface area contributed by atoms with Crippen LogP contribution in [0.3, 0.4) is 0 Å². The predicted octanol–water partition coefficient (Wildman–Crippen LogP) is 4.11. The average molecular weight is 416 g/mol. The van der Waals surface area contributed by atoms with E-state index in [0.29, 0.717) is 11.6 Å². The molecule has 2 N–H and O–H groups in total. The summed E-state index contributed by atoms with van der Waals surface area (Å²) in [4.78, 5) is 26.6. The lowest BCUT2D eigenvalue weighted by Gasteiger charge is -2.31. The molecule has 0 aliphatic carbocycles. The van der Waals surface area contributed by atoms with Crippen molar-refractivity contribution in [3.63, 3.8) is 0 Å². The van der Waals surface area contributed by atoms with E-state index in [9.17, 15) is 9.59 Å². The third-order valence-electron chi connectivity index (χ3n) is 4.98. The van der Waals surface area contributed by atoms with Gasteiger partial charge in [-0.3, -0.25) is 14.5 Å². The molecule has 0 aliphatic rings. The zero-order valence-corrected chi connectivity index (χ0v) is 18.1. The molecule has 0 heterocycles. The second-order valence-corrected chi connectivity index (χ2v) is 7.34. The Hall–Kier alpha value is -2.37. The minimum atomic E-state index is -0.360. The number of amides is 2. The highest BCUT2D eigenvalue weighted by molar-refractivity contribution is 6.31. The number of rotatable bonds is 10. The molecule has 156 valence electrons. The first kappa shape index (κ1) is 22.9. The minimum Gasteiger partial charge on any atom is -0.354 e. The first-order valence-electron chi connectivity index (χ1n) is 10.0. The van der Waals surface area contributed by atoms with Gasteiger partial charge in [0, 0.05) is 18.5 Å². The van der Waals surface area contributed by atoms with E-state index in [0.717, 1.165) is 24.2 Å². The Morgan fingerprint density at radius 2 is 1.62 bits per heavy atom. The Balaban J connectivity index is 2.10. The normalized spacial score (nSPS) is 13.0. The van der Waals surface area contributed by atoms with E-state index in [2.05, 4.69) is 29.4 Å². The molecule has 0 radical (unpaired) electrons. The highest BCUT2D eigenvalue weighted by atomic mass is 35.5. The zero-order chi connectivity index (χ0) is 21.2. The molecule has 2 amide bonds. The maximum atomic E-state index is 12.7. The van der Waals surface area contributed by atoms with Crippen molar-refractivity contribution in [2.45, 2.75) is 39.3 Å². The van der Waals surface area contributed by atoms with Gasteiger partial charge in [0.1, 0.15) is 0 Å². The summed E-state index contributed by atoms with van der Waals surface area (Å²) in [5, 5.41) is 6.60. The fraction of sp³-hybridized carbons (Fsp3) is 0.391. The van der Waals surface area contributed by atoms with Gasteiger partial charge in [0.15, 0.2) is 0 Å². The summed E-state index contributed by atoms with van der Waals surface area (Å²) in [6, 6.07) is 16.9. The maximum absolute atomic E-state index is 12.7. The lowest BCUT2D eigenvalue weighted by Crippen LogP contribution is -2.39. The van der Waals surface area contributed by atoms with E-state index < -0.39 is 0 Å². The Kier molecular flexibility index (Phi) is 9.16. The highest BCUT2D eigenvalue weighted by Gasteiger charge is 2.22. The summed E-state index contributed by atoms with van der Waals surface area (Å²) in [5.41, 5.74) is 1.91. The smallest absolute Gasteiger partial charge is 0.222 e. The van der Waals surface area contributed by atoms with Crippen molar-refractivity contribution >= 4 is 23.4 Å². The predicted molar refractivity (Wildman–Crippen MR) is 118 cm³/mol. The van der Waals surface area contributed by atoms with Crippen LogP contribution in [0.1, 0.15) is 50.4 Å². The summed E-state index contributed by atoms with van der Waals surface area (Å²) < 4.78 is 0. The zero-order valence-electron chi connectivity index (χ0n) is 17.3. The van der Waals surface area contributed by atoms with Gasteiger partial charge < -0.3 is 10.6 Å². The Morgan fingerprint density at radius 3 is 2.21 bits per heavy atom. The molecular formula is C23H30ClN3O2. The van der Waals surface area contributed by atoms with Crippen LogP contribution in [0.2, 0.25) is 5.02 Å². The first-order chi connectivity index (χ1) is 14.0. The van der Waals surface area contributed by atoms with E-state index in [1.54, 1.807) is 0 Å². The van der Waals surface area contributed by atoms with Crippen LogP contribution in [0.15, 0.2) is 54.6 Å². The van der Waals surface area contributed by atoms with Gasteiger partial charge in [0.2, 0.25) is 11.8 Å². The average Bonchev–Trinajstić information content (AvgIpc) is 2.71. The standard InChI is InChI=1S/C23H30ClN3O2/c1-4-27(5-2)22(19-13-9-10-14-20(19)24)16-25-23(29)15-21(26-17(3)28)18-11-7-6-8-12-18/h6-14,21-22H,4-5,15-16H2,1-3H3,(H,25,29)(H,26,28)/t21-,22-/m0/s1. The number of hydrogen-bond acceptors (Lipinski definition) is 3. The van der Waals surface area contributed by atoms with Gasteiger partial charge in [-0.15, -0.1) is 0 Å². The molecule has 2 aromatic rings. The highest BCUT2D eigenvalue weighted by Crippen LogP contribution is 2.27. The van der Waals surface area contributed by atoms with Crippen molar-refractivity contribution in [1.29, 1.82) is 0 Å². The van der Waals surface area contributed by atoms with Crippen LogP contribution in [0, 0.1) is 0 Å². The van der Waals surface area contributed by atoms with Crippen molar-refractivity contribution in [1.82, 2.24) is 15.5 Å². The Labute approximate surface area is 178 Å². The number of halogens is 1. The molecule has 0 aromatic heterocycles. The van der Waals surface area contributed by atoms with Gasteiger partial charge in [-0.2, -0.15) is 0 Å². The monoisotopic (exact) mass is 415 g/mol. The molecule has 2 rings (SSSR count). The van der Waals surface area contributed by atoms with Crippen LogP contribution in [0.5, 0.6) is 0 Å². The molecule has 0 fully saturated rings. The fourth-order valence-electron chi connectivity index (χ4n) is 3.50. The number of benzene rings is 2. The third kappa shape index (κ3) is 6.87. The molecule has 6 heteroatoms. The van der Waals surface area contributed by atoms with Crippen molar-refractivity contribution in [2.24, 2.45) is 0 Å². The first-order valence-corrected chi connectivity index (χ1v) is 10.4. The summed E-state index contributed by atoms with van der Waals surface area (Å²) in [6.07, 6.45) is 0.178. The lowest BCUT2D eigenvalue weighted by molar-refractivity contribution is -0.123. The number of hydrogen-bond donors (Lipinski definition) is 2. The van der Waals surface area contributed by atoms with Gasteiger partial charge in [0.05, 0.1) is 18.5 Å². The summed E-state index contributed by atoms with van der Waals surface area (Å²) >= 11 is 6.43. The fourth-order valence-corrected chi connectivity index (χ4v) is 3.76. The van der Waals surface area contributed by atoms with Crippen molar-refractivity contribution in [3.8, 4) is 0 Å². The van der Waals surface area contributed by atoms with Gasteiger partial charge in [-0.25, -0.2) is 0 Å². The van der Waals surface area contributed by atoms with E-state index in [1.165, 1.54) is 6.92 Å². The molecule has 29 heavy (non-hydrogen) atoms. The second kappa shape index (κ2) is 11.6. The van der Waals surface area contributed by atoms with Crippen LogP contribution in [0.4, 0.5) is 0 Å². The Bertz CT molecular complexity index is 794. The molecular weight excluding hydrogens is 386 g/mol. The molecule has 0 unspecified atom stereocenters. The van der Waals surface area contributed by atoms with Gasteiger partial charge in [-0.05, 0) is 30.3 Å². The number of nitrogens with zero attached hydrogens (tertiary/aromatic N) is 1. The van der Waals surface area contributed by atoms with E-state index in [-0.39, 0.29) is 30.3 Å². The quantitative estimate of drug-likeness (QED) is 0.614. The minimum absolute atomic E-state index is 0.0152. The lowest BCUT2D eigenvalue weighted by atomic mass is 10.0. The maximum Gasteiger partial charge on any atom is 0.222 e. The van der Waals surface area contributed by atoms with E-state index in [4.69, 9.17) is 11.6 Å². The van der Waals surface area contributed by atoms with Gasteiger partial charge >= 0.3 is 0 Å². The molecule has 0 bridgehead atoms. The molecule has 5 nitrogen and oxygen atoms in total. The van der Waals surface area contributed by atoms with Crippen molar-refractivity contribution in [2.75, 3.05) is 19.6 Å². The third-order valence-corrected chi connectivity index (χ3v) is 5.32. The molecule has 0 saturated carbocycles. The van der Waals surface area contributed by atoms with E-state index in [1.807, 2.05) is 54.6 Å². The molecule has 0 aliphatic heterocycles. The number of carbonyl (C=O) groups excluding carboxylic acids is 2. The SMILES string of the molecule is CCN(CC)[C@@H](CNC(=O)C[C@H](NC(C)=O)c1ccccc1)c1ccccc1Cl. The Morgan fingerprint density at radius 1 is 1.00 bits per heavy atom. The topological polar surface area (TPSA) is 61.4 Å². The van der Waals surface area contributed by atoms with Crippen LogP contribution < -0.4 is 10.6 Å². The second-order valence-electron chi connectivity index (χ2n) is 6.93. The van der Waals surface area contributed by atoms with Crippen LogP contribution in [-0.2, 0) is 9.59 Å². The number of nitrogens with one attached hydrogen (secondary N) is 2. The molecule has 0 spiro atoms. The molecule has 2 aromatic carbocycles. The van der Waals surface area contributed by atoms with Crippen LogP contribution >= 0.6 is 11.6 Å². The number of carbonyl (C=O) groups is 2. The van der Waals surface area contributed by atoms with E-state index >= 15 is 0 Å². The summed E-state index contributed by atoms with van der Waals surface area (Å²) in [6.45, 7) is 7.80. The van der Waals surface area contributed by atoms with Gasteiger partial charge in [0.25, 0.3) is 0 Å². The van der Waals surface area contributed by atoms with Crippen molar-refractivity contribution < 1.29 is 9.59 Å². The summed E-state index contributed by atoms with van der Waals surface area (Å²) in [7, 11) is 0. The summed E-state index contributed by atoms with van der Waals surface area (Å²) in [5.74, 6) is -0.277. The molecule has 0 saturated heterocycles. The van der Waals surface area contributed by atoms with Gasteiger partial charge in [-0.1, -0.05) is 74.0 Å². The largest absolute Gasteiger partial charge is 0.354 e. The number of likely N-dealkylation sites (N-methyl/N-ethyl adjacent to an activating group) is 1. The van der Waals surface area contributed by atoms with Crippen LogP contribution in [-0.4, -0.2) is 36.3 Å². The van der Waals surface area contributed by atoms with Crippen molar-refractivity contribution in [3.05, 3.63) is 70.7 Å². The molecule has 2 atom stereocenters. The van der Waals surface area contributed by atoms with Crippen LogP contribution in [0.25, 0.3) is 0 Å².